The van der Waals surface area contributed by atoms with E-state index >= 15 is 0 Å². The van der Waals surface area contributed by atoms with Gasteiger partial charge in [0.1, 0.15) is 0 Å². The van der Waals surface area contributed by atoms with E-state index < -0.39 is 0 Å². The quantitative estimate of drug-likeness (QED) is 0.820. The first kappa shape index (κ1) is 16.0. The second-order valence-corrected chi connectivity index (χ2v) is 7.09. The Hall–Kier alpha value is -1.87. The summed E-state index contributed by atoms with van der Waals surface area (Å²) in [6, 6.07) is 3.81. The summed E-state index contributed by atoms with van der Waals surface area (Å²) in [5.74, 6) is 0.0371. The van der Waals surface area contributed by atoms with Gasteiger partial charge in [-0.3, -0.25) is 9.59 Å². The maximum Gasteiger partial charge on any atom is 0.277 e. The summed E-state index contributed by atoms with van der Waals surface area (Å²) in [6.07, 6.45) is 1.55. The lowest BCUT2D eigenvalue weighted by Crippen LogP contribution is -2.44. The molecule has 0 aromatic carbocycles. The molecule has 122 valence electrons. The first-order valence-corrected chi connectivity index (χ1v) is 9.07. The van der Waals surface area contributed by atoms with Crippen LogP contribution in [-0.2, 0) is 9.59 Å². The second-order valence-electron chi connectivity index (χ2n) is 5.22. The molecule has 2 aromatic heterocycles. The summed E-state index contributed by atoms with van der Waals surface area (Å²) in [5.41, 5.74) is 5.33. The highest BCUT2D eigenvalue weighted by molar-refractivity contribution is 7.99. The van der Waals surface area contributed by atoms with E-state index in [0.717, 1.165) is 17.7 Å². The number of hydrogen-bond acceptors (Lipinski definition) is 7. The zero-order valence-electron chi connectivity index (χ0n) is 12.3. The van der Waals surface area contributed by atoms with Crippen LogP contribution in [0.25, 0.3) is 10.8 Å². The predicted molar refractivity (Wildman–Crippen MR) is 86.8 cm³/mol. The standard InChI is InChI=1S/C14H16N4O3S2/c15-12(20)9-3-1-5-18(7-9)11(19)8-23-14-17-16-13(21-14)10-4-2-6-22-10/h2,4,6,9H,1,3,5,7-8H2,(H2,15,20). The molecule has 2 N–H and O–H groups in total. The van der Waals surface area contributed by atoms with Gasteiger partial charge in [0.25, 0.3) is 11.1 Å². The van der Waals surface area contributed by atoms with Gasteiger partial charge in [-0.15, -0.1) is 21.5 Å². The SMILES string of the molecule is NC(=O)C1CCCN(C(=O)CSc2nnc(-c3cccs3)o2)C1. The highest BCUT2D eigenvalue weighted by atomic mass is 32.2. The molecule has 1 aliphatic rings. The molecule has 1 saturated heterocycles. The fourth-order valence-corrected chi connectivity index (χ4v) is 3.73. The smallest absolute Gasteiger partial charge is 0.277 e. The van der Waals surface area contributed by atoms with Crippen molar-refractivity contribution in [2.24, 2.45) is 11.7 Å². The van der Waals surface area contributed by atoms with Crippen LogP contribution in [0.4, 0.5) is 0 Å². The van der Waals surface area contributed by atoms with Crippen LogP contribution in [0.2, 0.25) is 0 Å². The topological polar surface area (TPSA) is 102 Å². The van der Waals surface area contributed by atoms with Crippen LogP contribution >= 0.6 is 23.1 Å². The van der Waals surface area contributed by atoms with E-state index in [9.17, 15) is 9.59 Å². The van der Waals surface area contributed by atoms with Crippen LogP contribution in [0, 0.1) is 5.92 Å². The van der Waals surface area contributed by atoms with E-state index in [1.165, 1.54) is 23.1 Å². The van der Waals surface area contributed by atoms with Gasteiger partial charge in [-0.05, 0) is 24.3 Å². The summed E-state index contributed by atoms with van der Waals surface area (Å²) in [6.45, 7) is 1.06. The fourth-order valence-electron chi connectivity index (χ4n) is 2.42. The van der Waals surface area contributed by atoms with Crippen molar-refractivity contribution < 1.29 is 14.0 Å². The normalized spacial score (nSPS) is 18.1. The van der Waals surface area contributed by atoms with Crippen molar-refractivity contribution in [3.63, 3.8) is 0 Å². The number of amides is 2. The number of primary amides is 1. The predicted octanol–water partition coefficient (Wildman–Crippen LogP) is 1.61. The lowest BCUT2D eigenvalue weighted by atomic mass is 9.97. The minimum atomic E-state index is -0.340. The van der Waals surface area contributed by atoms with Crippen molar-refractivity contribution in [3.05, 3.63) is 17.5 Å². The fraction of sp³-hybridized carbons (Fsp3) is 0.429. The molecular weight excluding hydrogens is 336 g/mol. The summed E-state index contributed by atoms with van der Waals surface area (Å²) in [5, 5.41) is 10.2. The van der Waals surface area contributed by atoms with E-state index in [4.69, 9.17) is 10.2 Å². The number of nitrogens with zero attached hydrogens (tertiary/aromatic N) is 3. The van der Waals surface area contributed by atoms with E-state index in [2.05, 4.69) is 10.2 Å². The molecule has 1 fully saturated rings. The number of thiophene rings is 1. The molecule has 0 radical (unpaired) electrons. The maximum atomic E-state index is 12.2. The molecule has 7 nitrogen and oxygen atoms in total. The van der Waals surface area contributed by atoms with E-state index in [1.807, 2.05) is 17.5 Å². The molecule has 2 aromatic rings. The third-order valence-electron chi connectivity index (χ3n) is 3.63. The third-order valence-corrected chi connectivity index (χ3v) is 5.30. The van der Waals surface area contributed by atoms with E-state index in [-0.39, 0.29) is 23.5 Å². The Bertz CT molecular complexity index is 686. The van der Waals surface area contributed by atoms with Crippen LogP contribution in [0.3, 0.4) is 0 Å². The van der Waals surface area contributed by atoms with Gasteiger partial charge in [-0.2, -0.15) is 0 Å². The molecule has 1 atom stereocenters. The molecule has 1 unspecified atom stereocenters. The third kappa shape index (κ3) is 3.91. The van der Waals surface area contributed by atoms with Gasteiger partial charge < -0.3 is 15.1 Å². The van der Waals surface area contributed by atoms with Crippen LogP contribution < -0.4 is 5.73 Å². The molecule has 0 aliphatic carbocycles. The minimum Gasteiger partial charge on any atom is -0.410 e. The van der Waals surface area contributed by atoms with Crippen LogP contribution in [0.5, 0.6) is 0 Å². The van der Waals surface area contributed by atoms with Crippen molar-refractivity contribution >= 4 is 34.9 Å². The average Bonchev–Trinajstić information content (AvgIpc) is 3.23. The summed E-state index contributed by atoms with van der Waals surface area (Å²) < 4.78 is 5.53. The summed E-state index contributed by atoms with van der Waals surface area (Å²) >= 11 is 2.72. The number of likely N-dealkylation sites (tertiary alicyclic amines) is 1. The molecule has 0 saturated carbocycles. The first-order chi connectivity index (χ1) is 11.1. The van der Waals surface area contributed by atoms with Crippen molar-refractivity contribution in [1.82, 2.24) is 15.1 Å². The zero-order chi connectivity index (χ0) is 16.2. The van der Waals surface area contributed by atoms with Crippen molar-refractivity contribution in [1.29, 1.82) is 0 Å². The summed E-state index contributed by atoms with van der Waals surface area (Å²) in [4.78, 5) is 26.1. The molecule has 23 heavy (non-hydrogen) atoms. The largest absolute Gasteiger partial charge is 0.410 e. The Labute approximate surface area is 141 Å². The van der Waals surface area contributed by atoms with Gasteiger partial charge in [-0.1, -0.05) is 17.8 Å². The van der Waals surface area contributed by atoms with Gasteiger partial charge in [0.15, 0.2) is 0 Å². The molecule has 2 amide bonds. The highest BCUT2D eigenvalue weighted by Crippen LogP contribution is 2.27. The van der Waals surface area contributed by atoms with Crippen molar-refractivity contribution in [3.8, 4) is 10.8 Å². The Kier molecular flexibility index (Phi) is 4.97. The number of hydrogen-bond donors (Lipinski definition) is 1. The second kappa shape index (κ2) is 7.14. The monoisotopic (exact) mass is 352 g/mol. The molecule has 1 aliphatic heterocycles. The maximum absolute atomic E-state index is 12.2. The number of rotatable bonds is 5. The van der Waals surface area contributed by atoms with Crippen LogP contribution in [0.1, 0.15) is 12.8 Å². The van der Waals surface area contributed by atoms with Gasteiger partial charge in [0, 0.05) is 13.1 Å². The lowest BCUT2D eigenvalue weighted by Gasteiger charge is -2.31. The van der Waals surface area contributed by atoms with Gasteiger partial charge in [-0.25, -0.2) is 0 Å². The van der Waals surface area contributed by atoms with Crippen molar-refractivity contribution in [2.75, 3.05) is 18.8 Å². The number of carbonyl (C=O) groups excluding carboxylic acids is 2. The molecule has 9 heteroatoms. The highest BCUT2D eigenvalue weighted by Gasteiger charge is 2.27. The number of piperidine rings is 1. The Balaban J connectivity index is 1.54. The number of nitrogens with two attached hydrogens (primary N) is 1. The lowest BCUT2D eigenvalue weighted by molar-refractivity contribution is -0.132. The zero-order valence-corrected chi connectivity index (χ0v) is 13.9. The van der Waals surface area contributed by atoms with Gasteiger partial charge in [0.05, 0.1) is 16.5 Å². The summed E-state index contributed by atoms with van der Waals surface area (Å²) in [7, 11) is 0. The molecule has 3 heterocycles. The van der Waals surface area contributed by atoms with Crippen molar-refractivity contribution in [2.45, 2.75) is 18.1 Å². The number of aromatic nitrogens is 2. The Morgan fingerprint density at radius 2 is 2.35 bits per heavy atom. The van der Waals surface area contributed by atoms with Gasteiger partial charge in [0.2, 0.25) is 11.8 Å². The molecule has 3 rings (SSSR count). The average molecular weight is 352 g/mol. The minimum absolute atomic E-state index is 0.0446. The molecule has 0 spiro atoms. The number of thioether (sulfide) groups is 1. The van der Waals surface area contributed by atoms with Crippen LogP contribution in [0.15, 0.2) is 27.2 Å². The Morgan fingerprint density at radius 3 is 3.09 bits per heavy atom. The van der Waals surface area contributed by atoms with Crippen LogP contribution in [-0.4, -0.2) is 45.8 Å². The molecule has 0 bridgehead atoms. The van der Waals surface area contributed by atoms with Gasteiger partial charge >= 0.3 is 0 Å². The first-order valence-electron chi connectivity index (χ1n) is 7.21. The number of carbonyl (C=O) groups is 2. The Morgan fingerprint density at radius 1 is 1.48 bits per heavy atom. The van der Waals surface area contributed by atoms with E-state index in [1.54, 1.807) is 4.90 Å². The van der Waals surface area contributed by atoms with E-state index in [0.29, 0.717) is 24.2 Å². The molecular formula is C14H16N4O3S2.